The van der Waals surface area contributed by atoms with E-state index in [2.05, 4.69) is 0 Å². The number of carboxylic acids is 1. The van der Waals surface area contributed by atoms with Crippen molar-refractivity contribution in [1.82, 2.24) is 4.90 Å². The number of carboxylic acid groups (broad SMARTS) is 1. The number of ether oxygens (including phenoxy) is 2. The van der Waals surface area contributed by atoms with Gasteiger partial charge in [-0.1, -0.05) is 0 Å². The second-order valence-corrected chi connectivity index (χ2v) is 6.28. The molecule has 0 bridgehead atoms. The van der Waals surface area contributed by atoms with Crippen LogP contribution in [0.5, 0.6) is 11.5 Å². The molecule has 7 nitrogen and oxygen atoms in total. The second kappa shape index (κ2) is 7.60. The summed E-state index contributed by atoms with van der Waals surface area (Å²) in [6, 6.07) is 4.73. The Morgan fingerprint density at radius 3 is 2.48 bits per heavy atom. The van der Waals surface area contributed by atoms with Crippen molar-refractivity contribution < 1.29 is 29.0 Å². The van der Waals surface area contributed by atoms with Crippen LogP contribution in [0.4, 0.5) is 0 Å². The van der Waals surface area contributed by atoms with Gasteiger partial charge < -0.3 is 19.5 Å². The quantitative estimate of drug-likeness (QED) is 0.737. The fourth-order valence-electron chi connectivity index (χ4n) is 2.76. The van der Waals surface area contributed by atoms with Crippen LogP contribution in [0.15, 0.2) is 29.3 Å². The van der Waals surface area contributed by atoms with E-state index in [1.54, 1.807) is 31.5 Å². The van der Waals surface area contributed by atoms with E-state index in [4.69, 9.17) is 14.6 Å². The number of carbonyl (C=O) groups excluding carboxylic acids is 2. The Bertz CT molecular complexity index is 758. The van der Waals surface area contributed by atoms with Crippen molar-refractivity contribution in [2.24, 2.45) is 0 Å². The number of amides is 1. The summed E-state index contributed by atoms with van der Waals surface area (Å²) in [5, 5.41) is 8.57. The number of Topliss-reactive ketones (excluding diaryl/α,β-unsaturated/α-hetero) is 1. The third-order valence-electron chi connectivity index (χ3n) is 3.95. The minimum absolute atomic E-state index is 0.0113. The van der Waals surface area contributed by atoms with Crippen molar-refractivity contribution in [3.8, 4) is 11.5 Å². The molecule has 0 unspecified atom stereocenters. The topological polar surface area (TPSA) is 93.1 Å². The molecule has 2 rings (SSSR count). The van der Waals surface area contributed by atoms with Crippen molar-refractivity contribution in [2.45, 2.75) is 11.8 Å². The number of rotatable bonds is 7. The molecule has 0 aromatic heterocycles. The molecule has 1 atom stereocenters. The van der Waals surface area contributed by atoms with Crippen LogP contribution < -0.4 is 9.47 Å². The summed E-state index contributed by atoms with van der Waals surface area (Å²) in [6.45, 7) is 0. The van der Waals surface area contributed by atoms with Gasteiger partial charge in [0.2, 0.25) is 0 Å². The highest BCUT2D eigenvalue weighted by molar-refractivity contribution is 7.99. The molecule has 0 fully saturated rings. The number of methoxy groups -OCH3 is 2. The van der Waals surface area contributed by atoms with Crippen LogP contribution in [0.3, 0.4) is 0 Å². The number of thioether (sulfide) groups is 1. The Kier molecular flexibility index (Phi) is 5.73. The van der Waals surface area contributed by atoms with Gasteiger partial charge in [0.15, 0.2) is 5.78 Å². The average molecular weight is 365 g/mol. The first-order chi connectivity index (χ1) is 11.8. The van der Waals surface area contributed by atoms with E-state index < -0.39 is 29.5 Å². The summed E-state index contributed by atoms with van der Waals surface area (Å²) in [4.78, 5) is 38.0. The van der Waals surface area contributed by atoms with Gasteiger partial charge in [-0.25, -0.2) is 0 Å². The lowest BCUT2D eigenvalue weighted by Gasteiger charge is -2.20. The lowest BCUT2D eigenvalue weighted by atomic mass is 9.97. The molecule has 25 heavy (non-hydrogen) atoms. The molecule has 0 saturated carbocycles. The summed E-state index contributed by atoms with van der Waals surface area (Å²) in [5.74, 6) is -1.21. The average Bonchev–Trinajstić information content (AvgIpc) is 2.84. The van der Waals surface area contributed by atoms with Crippen LogP contribution >= 0.6 is 11.8 Å². The van der Waals surface area contributed by atoms with Gasteiger partial charge in [0, 0.05) is 24.3 Å². The Labute approximate surface area is 149 Å². The highest BCUT2D eigenvalue weighted by Gasteiger charge is 2.41. The van der Waals surface area contributed by atoms with Crippen LogP contribution in [0.2, 0.25) is 0 Å². The number of benzene rings is 1. The normalized spacial score (nSPS) is 17.0. The van der Waals surface area contributed by atoms with Gasteiger partial charge >= 0.3 is 5.97 Å². The van der Waals surface area contributed by atoms with Gasteiger partial charge in [-0.05, 0) is 18.4 Å². The Hall–Kier alpha value is -2.48. The SMILES string of the molecule is COc1ccc(C(=O)C2=C(CC(=O)O)C(=O)N(C)[C@@H]2SC)c(OC)c1. The Balaban J connectivity index is 2.58. The standard InChI is InChI=1S/C17H19NO6S/c1-18-16(22)11(8-13(19)20)14(17(18)25-4)15(21)10-6-5-9(23-2)7-12(10)24-3/h5-7,17H,8H2,1-4H3,(H,19,20)/t17-/m1/s1. The number of ketones is 1. The number of likely N-dealkylation sites (N-methyl/N-ethyl adjacent to an activating group) is 1. The van der Waals surface area contributed by atoms with Gasteiger partial charge in [-0.15, -0.1) is 11.8 Å². The van der Waals surface area contributed by atoms with Crippen molar-refractivity contribution in [3.05, 3.63) is 34.9 Å². The van der Waals surface area contributed by atoms with Crippen molar-refractivity contribution in [2.75, 3.05) is 27.5 Å². The minimum Gasteiger partial charge on any atom is -0.497 e. The first-order valence-corrected chi connectivity index (χ1v) is 8.66. The number of hydrogen-bond acceptors (Lipinski definition) is 6. The third-order valence-corrected chi connectivity index (χ3v) is 4.95. The number of carbonyl (C=O) groups is 3. The first-order valence-electron chi connectivity index (χ1n) is 7.37. The Morgan fingerprint density at radius 2 is 1.96 bits per heavy atom. The van der Waals surface area contributed by atoms with E-state index in [1.165, 1.54) is 30.9 Å². The van der Waals surface area contributed by atoms with Gasteiger partial charge in [0.1, 0.15) is 16.9 Å². The molecule has 0 aliphatic carbocycles. The van der Waals surface area contributed by atoms with E-state index >= 15 is 0 Å². The zero-order valence-corrected chi connectivity index (χ0v) is 15.2. The molecule has 0 saturated heterocycles. The molecule has 1 amide bonds. The lowest BCUT2D eigenvalue weighted by molar-refractivity contribution is -0.137. The lowest BCUT2D eigenvalue weighted by Crippen LogP contribution is -2.30. The summed E-state index contributed by atoms with van der Waals surface area (Å²) >= 11 is 1.30. The van der Waals surface area contributed by atoms with Gasteiger partial charge in [-0.2, -0.15) is 0 Å². The summed E-state index contributed by atoms with van der Waals surface area (Å²) in [5.41, 5.74) is 0.450. The predicted molar refractivity (Wildman–Crippen MR) is 93.2 cm³/mol. The fourth-order valence-corrected chi connectivity index (χ4v) is 3.65. The molecular formula is C17H19NO6S. The van der Waals surface area contributed by atoms with E-state index in [9.17, 15) is 14.4 Å². The van der Waals surface area contributed by atoms with E-state index in [0.717, 1.165) is 0 Å². The van der Waals surface area contributed by atoms with Crippen molar-refractivity contribution in [3.63, 3.8) is 0 Å². The highest BCUT2D eigenvalue weighted by Crippen LogP contribution is 2.37. The fraction of sp³-hybridized carbons (Fsp3) is 0.353. The van der Waals surface area contributed by atoms with Crippen LogP contribution in [0.25, 0.3) is 0 Å². The molecule has 134 valence electrons. The molecule has 1 aliphatic rings. The molecule has 8 heteroatoms. The van der Waals surface area contributed by atoms with Crippen LogP contribution in [0.1, 0.15) is 16.8 Å². The molecule has 1 aliphatic heterocycles. The summed E-state index contributed by atoms with van der Waals surface area (Å²) in [7, 11) is 4.48. The van der Waals surface area contributed by atoms with Crippen LogP contribution in [-0.4, -0.2) is 60.6 Å². The zero-order valence-electron chi connectivity index (χ0n) is 14.4. The molecule has 1 aromatic carbocycles. The first kappa shape index (κ1) is 18.9. The highest BCUT2D eigenvalue weighted by atomic mass is 32.2. The van der Waals surface area contributed by atoms with Gasteiger partial charge in [-0.3, -0.25) is 14.4 Å². The number of hydrogen-bond donors (Lipinski definition) is 1. The second-order valence-electron chi connectivity index (χ2n) is 5.36. The van der Waals surface area contributed by atoms with E-state index in [1.807, 2.05) is 0 Å². The molecule has 1 aromatic rings. The van der Waals surface area contributed by atoms with Gasteiger partial charge in [0.05, 0.1) is 26.2 Å². The van der Waals surface area contributed by atoms with Crippen LogP contribution in [-0.2, 0) is 9.59 Å². The third kappa shape index (κ3) is 3.48. The summed E-state index contributed by atoms with van der Waals surface area (Å²) in [6.07, 6.45) is 1.26. The van der Waals surface area contributed by atoms with Crippen molar-refractivity contribution >= 4 is 29.4 Å². The number of nitrogens with zero attached hydrogens (tertiary/aromatic N) is 1. The molecule has 1 N–H and O–H groups in total. The minimum atomic E-state index is -1.16. The maximum atomic E-state index is 13.1. The smallest absolute Gasteiger partial charge is 0.308 e. The maximum Gasteiger partial charge on any atom is 0.308 e. The molecule has 0 spiro atoms. The largest absolute Gasteiger partial charge is 0.497 e. The van der Waals surface area contributed by atoms with Gasteiger partial charge in [0.25, 0.3) is 5.91 Å². The Morgan fingerprint density at radius 1 is 1.28 bits per heavy atom. The van der Waals surface area contributed by atoms with Crippen LogP contribution in [0, 0.1) is 0 Å². The van der Waals surface area contributed by atoms with E-state index in [0.29, 0.717) is 11.5 Å². The zero-order chi connectivity index (χ0) is 18.7. The molecular weight excluding hydrogens is 346 g/mol. The molecule has 1 heterocycles. The van der Waals surface area contributed by atoms with Crippen molar-refractivity contribution in [1.29, 1.82) is 0 Å². The van der Waals surface area contributed by atoms with E-state index in [-0.39, 0.29) is 16.7 Å². The summed E-state index contributed by atoms with van der Waals surface area (Å²) < 4.78 is 10.4. The maximum absolute atomic E-state index is 13.1. The monoisotopic (exact) mass is 365 g/mol. The molecule has 0 radical (unpaired) electrons. The number of aliphatic carboxylic acids is 1. The predicted octanol–water partition coefficient (Wildman–Crippen LogP) is 1.82.